The third kappa shape index (κ3) is 1.87. The summed E-state index contributed by atoms with van der Waals surface area (Å²) in [5.74, 6) is 0.259. The number of hydrogen-bond donors (Lipinski definition) is 0. The minimum Gasteiger partial charge on any atom is -0.294 e. The molecule has 0 spiro atoms. The lowest BCUT2D eigenvalue weighted by atomic mass is 10.2. The van der Waals surface area contributed by atoms with Gasteiger partial charge in [-0.3, -0.25) is 4.79 Å². The third-order valence-corrected chi connectivity index (χ3v) is 2.03. The van der Waals surface area contributed by atoms with Crippen molar-refractivity contribution in [2.24, 2.45) is 0 Å². The van der Waals surface area contributed by atoms with Crippen LogP contribution in [0.5, 0.6) is 0 Å². The Morgan fingerprint density at radius 2 is 2.07 bits per heavy atom. The average molecular weight is 223 g/mol. The highest BCUT2D eigenvalue weighted by Gasteiger charge is 2.12. The minimum absolute atomic E-state index is 0.127. The molecule has 2 aromatic heterocycles. The van der Waals surface area contributed by atoms with E-state index in [2.05, 4.69) is 15.2 Å². The van der Waals surface area contributed by atoms with Crippen molar-refractivity contribution in [1.82, 2.24) is 20.0 Å². The van der Waals surface area contributed by atoms with Gasteiger partial charge in [0.05, 0.1) is 23.0 Å². The van der Waals surface area contributed by atoms with Crippen LogP contribution in [0.2, 0.25) is 5.02 Å². The molecule has 5 nitrogen and oxygen atoms in total. The molecule has 0 aromatic carbocycles. The van der Waals surface area contributed by atoms with Crippen LogP contribution in [0.4, 0.5) is 0 Å². The molecule has 2 rings (SSSR count). The fraction of sp³-hybridized carbons (Fsp3) is 0.111. The summed E-state index contributed by atoms with van der Waals surface area (Å²) in [5, 5.41) is 8.23. The standard InChI is InChI=1S/C9H7ClN4O/c1-6(15)8-4-7(10)5-11-9(8)14-12-2-3-13-14/h2-5H,1H3. The quantitative estimate of drug-likeness (QED) is 0.723. The smallest absolute Gasteiger partial charge is 0.185 e. The van der Waals surface area contributed by atoms with Gasteiger partial charge in [-0.25, -0.2) is 4.98 Å². The molecular weight excluding hydrogens is 216 g/mol. The first-order valence-corrected chi connectivity index (χ1v) is 4.59. The molecule has 0 fully saturated rings. The van der Waals surface area contributed by atoms with E-state index in [1.165, 1.54) is 30.3 Å². The topological polar surface area (TPSA) is 60.7 Å². The van der Waals surface area contributed by atoms with Crippen molar-refractivity contribution in [1.29, 1.82) is 0 Å². The van der Waals surface area contributed by atoms with E-state index in [0.717, 1.165) is 0 Å². The van der Waals surface area contributed by atoms with Gasteiger partial charge in [0, 0.05) is 6.20 Å². The average Bonchev–Trinajstić information content (AvgIpc) is 2.70. The Hall–Kier alpha value is -1.75. The second-order valence-electron chi connectivity index (χ2n) is 2.90. The monoisotopic (exact) mass is 222 g/mol. The largest absolute Gasteiger partial charge is 0.294 e. The number of ketones is 1. The molecule has 0 saturated carbocycles. The molecule has 0 atom stereocenters. The van der Waals surface area contributed by atoms with Gasteiger partial charge in [-0.15, -0.1) is 4.80 Å². The number of nitrogens with zero attached hydrogens (tertiary/aromatic N) is 4. The Kier molecular flexibility index (Phi) is 2.47. The van der Waals surface area contributed by atoms with Crippen LogP contribution >= 0.6 is 11.6 Å². The highest BCUT2D eigenvalue weighted by molar-refractivity contribution is 6.30. The van der Waals surface area contributed by atoms with Crippen molar-refractivity contribution in [3.63, 3.8) is 0 Å². The summed E-state index contributed by atoms with van der Waals surface area (Å²) in [6, 6.07) is 1.55. The molecule has 0 bridgehead atoms. The van der Waals surface area contributed by atoms with Gasteiger partial charge in [-0.1, -0.05) is 11.6 Å². The first kappa shape index (κ1) is 9.79. The van der Waals surface area contributed by atoms with Crippen LogP contribution in [0.1, 0.15) is 17.3 Å². The second kappa shape index (κ2) is 3.78. The Morgan fingerprint density at radius 3 is 2.67 bits per heavy atom. The summed E-state index contributed by atoms with van der Waals surface area (Å²) < 4.78 is 0. The zero-order valence-electron chi connectivity index (χ0n) is 7.88. The fourth-order valence-corrected chi connectivity index (χ4v) is 1.33. The van der Waals surface area contributed by atoms with Gasteiger partial charge in [0.2, 0.25) is 0 Å². The number of carbonyl (C=O) groups excluding carboxylic acids is 1. The number of carbonyl (C=O) groups is 1. The Balaban J connectivity index is 2.61. The van der Waals surface area contributed by atoms with Gasteiger partial charge in [0.15, 0.2) is 11.6 Å². The summed E-state index contributed by atoms with van der Waals surface area (Å²) in [6.45, 7) is 1.44. The second-order valence-corrected chi connectivity index (χ2v) is 3.34. The van der Waals surface area contributed by atoms with E-state index in [9.17, 15) is 4.79 Å². The Bertz CT molecular complexity index is 495. The van der Waals surface area contributed by atoms with E-state index < -0.39 is 0 Å². The van der Waals surface area contributed by atoms with Crippen molar-refractivity contribution >= 4 is 17.4 Å². The van der Waals surface area contributed by atoms with Crippen molar-refractivity contribution in [2.45, 2.75) is 6.92 Å². The van der Waals surface area contributed by atoms with E-state index in [4.69, 9.17) is 11.6 Å². The van der Waals surface area contributed by atoms with E-state index in [-0.39, 0.29) is 5.78 Å². The van der Waals surface area contributed by atoms with Gasteiger partial charge >= 0.3 is 0 Å². The SMILES string of the molecule is CC(=O)c1cc(Cl)cnc1-n1nccn1. The number of Topliss-reactive ketones (excluding diaryl/α,β-unsaturated/α-hetero) is 1. The van der Waals surface area contributed by atoms with Crippen molar-refractivity contribution in [3.8, 4) is 5.82 Å². The van der Waals surface area contributed by atoms with E-state index in [1.807, 2.05) is 0 Å². The molecule has 0 aliphatic carbocycles. The maximum absolute atomic E-state index is 11.3. The van der Waals surface area contributed by atoms with Crippen molar-refractivity contribution in [3.05, 3.63) is 35.2 Å². The van der Waals surface area contributed by atoms with Gasteiger partial charge in [-0.05, 0) is 13.0 Å². The molecule has 0 aliphatic rings. The van der Waals surface area contributed by atoms with Crippen LogP contribution < -0.4 is 0 Å². The zero-order valence-corrected chi connectivity index (χ0v) is 8.64. The molecule has 0 aliphatic heterocycles. The van der Waals surface area contributed by atoms with Gasteiger partial charge in [-0.2, -0.15) is 10.2 Å². The molecule has 0 N–H and O–H groups in total. The number of halogens is 1. The third-order valence-electron chi connectivity index (χ3n) is 1.82. The predicted molar refractivity (Wildman–Crippen MR) is 54.2 cm³/mol. The molecule has 15 heavy (non-hydrogen) atoms. The Labute approximate surface area is 90.7 Å². The molecule has 0 radical (unpaired) electrons. The first-order chi connectivity index (χ1) is 7.18. The van der Waals surface area contributed by atoms with Gasteiger partial charge in [0.1, 0.15) is 0 Å². The van der Waals surface area contributed by atoms with Crippen LogP contribution in [0.15, 0.2) is 24.7 Å². The van der Waals surface area contributed by atoms with Gasteiger partial charge in [0.25, 0.3) is 0 Å². The fourth-order valence-electron chi connectivity index (χ4n) is 1.18. The molecule has 76 valence electrons. The Morgan fingerprint density at radius 1 is 1.40 bits per heavy atom. The predicted octanol–water partition coefficient (Wildman–Crippen LogP) is 1.52. The summed E-state index contributed by atoms with van der Waals surface area (Å²) in [6.07, 6.45) is 4.48. The van der Waals surface area contributed by atoms with E-state index in [1.54, 1.807) is 6.07 Å². The lowest BCUT2D eigenvalue weighted by Gasteiger charge is -2.04. The normalized spacial score (nSPS) is 10.3. The molecule has 2 heterocycles. The molecule has 6 heteroatoms. The van der Waals surface area contributed by atoms with Crippen LogP contribution in [0, 0.1) is 0 Å². The summed E-state index contributed by atoms with van der Waals surface area (Å²) in [4.78, 5) is 16.7. The van der Waals surface area contributed by atoms with Crippen molar-refractivity contribution in [2.75, 3.05) is 0 Å². The van der Waals surface area contributed by atoms with Crippen molar-refractivity contribution < 1.29 is 4.79 Å². The highest BCUT2D eigenvalue weighted by Crippen LogP contribution is 2.15. The summed E-state index contributed by atoms with van der Waals surface area (Å²) in [7, 11) is 0. The number of rotatable bonds is 2. The van der Waals surface area contributed by atoms with Crippen LogP contribution in [-0.4, -0.2) is 25.8 Å². The first-order valence-electron chi connectivity index (χ1n) is 4.21. The van der Waals surface area contributed by atoms with E-state index in [0.29, 0.717) is 16.4 Å². The molecule has 0 unspecified atom stereocenters. The minimum atomic E-state index is -0.127. The molecular formula is C9H7ClN4O. The maximum atomic E-state index is 11.3. The number of aromatic nitrogens is 4. The molecule has 2 aromatic rings. The molecule has 0 amide bonds. The zero-order chi connectivity index (χ0) is 10.8. The number of pyridine rings is 1. The van der Waals surface area contributed by atoms with Crippen LogP contribution in [0.25, 0.3) is 5.82 Å². The number of hydrogen-bond acceptors (Lipinski definition) is 4. The van der Waals surface area contributed by atoms with Crippen LogP contribution in [0.3, 0.4) is 0 Å². The highest BCUT2D eigenvalue weighted by atomic mass is 35.5. The molecule has 0 saturated heterocycles. The lowest BCUT2D eigenvalue weighted by Crippen LogP contribution is -2.08. The lowest BCUT2D eigenvalue weighted by molar-refractivity contribution is 0.101. The van der Waals surface area contributed by atoms with E-state index >= 15 is 0 Å². The maximum Gasteiger partial charge on any atom is 0.185 e. The van der Waals surface area contributed by atoms with Crippen LogP contribution in [-0.2, 0) is 0 Å². The summed E-state index contributed by atoms with van der Waals surface area (Å²) in [5.41, 5.74) is 0.402. The van der Waals surface area contributed by atoms with Gasteiger partial charge < -0.3 is 0 Å². The summed E-state index contributed by atoms with van der Waals surface area (Å²) >= 11 is 5.76.